The number of amides is 1. The molecule has 3 unspecified atom stereocenters. The van der Waals surface area contributed by atoms with Gasteiger partial charge in [0.15, 0.2) is 0 Å². The molecule has 0 saturated carbocycles. The van der Waals surface area contributed by atoms with Gasteiger partial charge in [0.1, 0.15) is 0 Å². The van der Waals surface area contributed by atoms with Gasteiger partial charge in [-0.15, -0.1) is 0 Å². The second-order valence-electron chi connectivity index (χ2n) is 5.30. The summed E-state index contributed by atoms with van der Waals surface area (Å²) in [4.78, 5) is 14.4. The first-order valence-corrected chi connectivity index (χ1v) is 6.66. The van der Waals surface area contributed by atoms with Gasteiger partial charge < -0.3 is 10.6 Å². The standard InChI is InChI=1S/C15H22N2O/c1-10(11(2)16)15(18)17-9-8-13-6-4-5-7-14(13)12(17)3/h4-7,10-12H,8-9,16H2,1-3H3. The van der Waals surface area contributed by atoms with Gasteiger partial charge in [-0.05, 0) is 31.4 Å². The van der Waals surface area contributed by atoms with Crippen LogP contribution in [-0.4, -0.2) is 23.4 Å². The van der Waals surface area contributed by atoms with E-state index in [1.54, 1.807) is 0 Å². The maximum atomic E-state index is 12.4. The van der Waals surface area contributed by atoms with Gasteiger partial charge in [-0.3, -0.25) is 4.79 Å². The summed E-state index contributed by atoms with van der Waals surface area (Å²) in [5.74, 6) is 0.0599. The SMILES string of the molecule is CC(N)C(C)C(=O)N1CCc2ccccc2C1C. The molecular formula is C15H22N2O. The summed E-state index contributed by atoms with van der Waals surface area (Å²) in [6.07, 6.45) is 0.942. The molecule has 18 heavy (non-hydrogen) atoms. The van der Waals surface area contributed by atoms with Crippen molar-refractivity contribution >= 4 is 5.91 Å². The third-order valence-corrected chi connectivity index (χ3v) is 4.06. The third-order valence-electron chi connectivity index (χ3n) is 4.06. The molecule has 0 spiro atoms. The first-order chi connectivity index (χ1) is 8.52. The van der Waals surface area contributed by atoms with Gasteiger partial charge in [-0.25, -0.2) is 0 Å². The average Bonchev–Trinajstić information content (AvgIpc) is 2.37. The van der Waals surface area contributed by atoms with E-state index in [0.29, 0.717) is 0 Å². The minimum absolute atomic E-state index is 0.0955. The van der Waals surface area contributed by atoms with Crippen molar-refractivity contribution in [2.24, 2.45) is 11.7 Å². The van der Waals surface area contributed by atoms with Gasteiger partial charge in [0.2, 0.25) is 5.91 Å². The number of nitrogens with zero attached hydrogens (tertiary/aromatic N) is 1. The minimum Gasteiger partial charge on any atom is -0.335 e. The van der Waals surface area contributed by atoms with E-state index in [1.165, 1.54) is 11.1 Å². The van der Waals surface area contributed by atoms with Crippen LogP contribution in [0.1, 0.15) is 37.9 Å². The van der Waals surface area contributed by atoms with Crippen molar-refractivity contribution in [2.75, 3.05) is 6.54 Å². The first kappa shape index (κ1) is 13.1. The van der Waals surface area contributed by atoms with Crippen molar-refractivity contribution in [3.8, 4) is 0 Å². The number of rotatable bonds is 2. The van der Waals surface area contributed by atoms with Crippen LogP contribution in [0, 0.1) is 5.92 Å². The highest BCUT2D eigenvalue weighted by Gasteiger charge is 2.30. The smallest absolute Gasteiger partial charge is 0.227 e. The molecule has 3 nitrogen and oxygen atoms in total. The van der Waals surface area contributed by atoms with Crippen molar-refractivity contribution in [3.63, 3.8) is 0 Å². The molecular weight excluding hydrogens is 224 g/mol. The lowest BCUT2D eigenvalue weighted by Crippen LogP contribution is -2.45. The zero-order valence-corrected chi connectivity index (χ0v) is 11.4. The number of hydrogen-bond acceptors (Lipinski definition) is 2. The Morgan fingerprint density at radius 3 is 2.72 bits per heavy atom. The third kappa shape index (κ3) is 2.27. The Labute approximate surface area is 109 Å². The number of nitrogens with two attached hydrogens (primary N) is 1. The molecule has 0 aromatic heterocycles. The van der Waals surface area contributed by atoms with E-state index in [9.17, 15) is 4.79 Å². The van der Waals surface area contributed by atoms with Gasteiger partial charge in [-0.1, -0.05) is 31.2 Å². The summed E-state index contributed by atoms with van der Waals surface area (Å²) in [6, 6.07) is 8.44. The maximum Gasteiger partial charge on any atom is 0.227 e. The molecule has 98 valence electrons. The second-order valence-corrected chi connectivity index (χ2v) is 5.30. The average molecular weight is 246 g/mol. The quantitative estimate of drug-likeness (QED) is 0.868. The molecule has 1 aliphatic heterocycles. The molecule has 0 radical (unpaired) electrons. The second kappa shape index (κ2) is 5.11. The number of carbonyl (C=O) groups excluding carboxylic acids is 1. The Morgan fingerprint density at radius 2 is 2.06 bits per heavy atom. The van der Waals surface area contributed by atoms with Crippen molar-refractivity contribution in [3.05, 3.63) is 35.4 Å². The van der Waals surface area contributed by atoms with E-state index in [2.05, 4.69) is 25.1 Å². The van der Waals surface area contributed by atoms with Crippen LogP contribution in [0.15, 0.2) is 24.3 Å². The van der Waals surface area contributed by atoms with Gasteiger partial charge in [-0.2, -0.15) is 0 Å². The van der Waals surface area contributed by atoms with E-state index in [0.717, 1.165) is 13.0 Å². The van der Waals surface area contributed by atoms with Gasteiger partial charge in [0.25, 0.3) is 0 Å². The fourth-order valence-corrected chi connectivity index (χ4v) is 2.56. The Morgan fingerprint density at radius 1 is 1.39 bits per heavy atom. The van der Waals surface area contributed by atoms with Crippen LogP contribution in [0.5, 0.6) is 0 Å². The molecule has 2 N–H and O–H groups in total. The van der Waals surface area contributed by atoms with Gasteiger partial charge >= 0.3 is 0 Å². The summed E-state index contributed by atoms with van der Waals surface area (Å²) >= 11 is 0. The largest absolute Gasteiger partial charge is 0.335 e. The predicted octanol–water partition coefficient (Wildman–Crippen LogP) is 2.12. The normalized spacial score (nSPS) is 22.2. The summed E-state index contributed by atoms with van der Waals surface area (Å²) in [7, 11) is 0. The van der Waals surface area contributed by atoms with E-state index < -0.39 is 0 Å². The minimum atomic E-state index is -0.113. The Hall–Kier alpha value is -1.35. The molecule has 1 amide bonds. The summed E-state index contributed by atoms with van der Waals surface area (Å²) in [5.41, 5.74) is 8.47. The van der Waals surface area contributed by atoms with E-state index in [-0.39, 0.29) is 23.9 Å². The zero-order valence-electron chi connectivity index (χ0n) is 11.4. The molecule has 3 heteroatoms. The highest BCUT2D eigenvalue weighted by Crippen LogP contribution is 2.30. The first-order valence-electron chi connectivity index (χ1n) is 6.66. The number of benzene rings is 1. The lowest BCUT2D eigenvalue weighted by atomic mass is 9.91. The highest BCUT2D eigenvalue weighted by atomic mass is 16.2. The van der Waals surface area contributed by atoms with Crippen LogP contribution >= 0.6 is 0 Å². The molecule has 1 aliphatic rings. The number of hydrogen-bond donors (Lipinski definition) is 1. The fourth-order valence-electron chi connectivity index (χ4n) is 2.56. The molecule has 0 bridgehead atoms. The van der Waals surface area contributed by atoms with Crippen LogP contribution in [0.4, 0.5) is 0 Å². The van der Waals surface area contributed by atoms with Crippen LogP contribution in [0.3, 0.4) is 0 Å². The molecule has 1 heterocycles. The van der Waals surface area contributed by atoms with E-state index in [1.807, 2.05) is 24.8 Å². The van der Waals surface area contributed by atoms with E-state index >= 15 is 0 Å². The number of carbonyl (C=O) groups is 1. The van der Waals surface area contributed by atoms with E-state index in [4.69, 9.17) is 5.73 Å². The van der Waals surface area contributed by atoms with Crippen molar-refractivity contribution < 1.29 is 4.79 Å². The van der Waals surface area contributed by atoms with Crippen LogP contribution in [-0.2, 0) is 11.2 Å². The Kier molecular flexibility index (Phi) is 3.71. The summed E-state index contributed by atoms with van der Waals surface area (Å²) in [6.45, 7) is 6.71. The lowest BCUT2D eigenvalue weighted by molar-refractivity contribution is -0.138. The molecule has 1 aromatic carbocycles. The summed E-state index contributed by atoms with van der Waals surface area (Å²) in [5, 5.41) is 0. The Bertz CT molecular complexity index is 442. The van der Waals surface area contributed by atoms with Crippen molar-refractivity contribution in [1.29, 1.82) is 0 Å². The van der Waals surface area contributed by atoms with Crippen molar-refractivity contribution in [1.82, 2.24) is 4.90 Å². The van der Waals surface area contributed by atoms with Crippen LogP contribution < -0.4 is 5.73 Å². The predicted molar refractivity (Wildman–Crippen MR) is 73.1 cm³/mol. The fraction of sp³-hybridized carbons (Fsp3) is 0.533. The molecule has 3 atom stereocenters. The topological polar surface area (TPSA) is 46.3 Å². The molecule has 0 saturated heterocycles. The molecule has 0 aliphatic carbocycles. The van der Waals surface area contributed by atoms with Crippen LogP contribution in [0.25, 0.3) is 0 Å². The number of fused-ring (bicyclic) bond motifs is 1. The maximum absolute atomic E-state index is 12.4. The molecule has 1 aromatic rings. The molecule has 2 rings (SSSR count). The zero-order chi connectivity index (χ0) is 13.3. The summed E-state index contributed by atoms with van der Waals surface area (Å²) < 4.78 is 0. The van der Waals surface area contributed by atoms with Gasteiger partial charge in [0, 0.05) is 12.6 Å². The van der Waals surface area contributed by atoms with Gasteiger partial charge in [0.05, 0.1) is 12.0 Å². The highest BCUT2D eigenvalue weighted by molar-refractivity contribution is 5.80. The lowest BCUT2D eigenvalue weighted by Gasteiger charge is -2.37. The molecule has 0 fully saturated rings. The van der Waals surface area contributed by atoms with Crippen LogP contribution in [0.2, 0.25) is 0 Å². The Balaban J connectivity index is 2.21. The van der Waals surface area contributed by atoms with Crippen molar-refractivity contribution in [2.45, 2.75) is 39.3 Å². The monoisotopic (exact) mass is 246 g/mol.